The van der Waals surface area contributed by atoms with Gasteiger partial charge in [0.1, 0.15) is 16.6 Å². The SMILES string of the molecule is Cc1nn(Cc2ccccc2Cl)c(C)c1C(=O)OCC(=O)Nc1sccc1C#N. The second-order valence-electron chi connectivity index (χ2n) is 6.19. The fourth-order valence-corrected chi connectivity index (χ4v) is 3.74. The van der Waals surface area contributed by atoms with Crippen molar-refractivity contribution in [1.29, 1.82) is 5.26 Å². The second-order valence-corrected chi connectivity index (χ2v) is 7.52. The van der Waals surface area contributed by atoms with Crippen molar-refractivity contribution in [1.82, 2.24) is 9.78 Å². The summed E-state index contributed by atoms with van der Waals surface area (Å²) in [7, 11) is 0. The summed E-state index contributed by atoms with van der Waals surface area (Å²) in [5, 5.41) is 18.7. The van der Waals surface area contributed by atoms with E-state index in [9.17, 15) is 9.59 Å². The summed E-state index contributed by atoms with van der Waals surface area (Å²) in [4.78, 5) is 24.6. The number of aryl methyl sites for hydroxylation is 1. The molecule has 3 aromatic rings. The third kappa shape index (κ3) is 4.65. The van der Waals surface area contributed by atoms with E-state index in [-0.39, 0.29) is 0 Å². The van der Waals surface area contributed by atoms with Crippen LogP contribution in [0.5, 0.6) is 0 Å². The van der Waals surface area contributed by atoms with Crippen LogP contribution >= 0.6 is 22.9 Å². The van der Waals surface area contributed by atoms with E-state index in [4.69, 9.17) is 21.6 Å². The van der Waals surface area contributed by atoms with Crippen LogP contribution in [0.1, 0.15) is 32.9 Å². The highest BCUT2D eigenvalue weighted by Gasteiger charge is 2.21. The van der Waals surface area contributed by atoms with Gasteiger partial charge >= 0.3 is 5.97 Å². The van der Waals surface area contributed by atoms with Gasteiger partial charge in [-0.15, -0.1) is 11.3 Å². The average Bonchev–Trinajstić information content (AvgIpc) is 3.25. The number of carbonyl (C=O) groups is 2. The fraction of sp³-hybridized carbons (Fsp3) is 0.200. The molecule has 0 aliphatic heterocycles. The number of nitrogens with one attached hydrogen (secondary N) is 1. The fourth-order valence-electron chi connectivity index (χ4n) is 2.79. The Kier molecular flexibility index (Phi) is 6.32. The molecule has 0 unspecified atom stereocenters. The van der Waals surface area contributed by atoms with Crippen molar-refractivity contribution in [3.63, 3.8) is 0 Å². The van der Waals surface area contributed by atoms with Crippen molar-refractivity contribution in [2.45, 2.75) is 20.4 Å². The zero-order valence-electron chi connectivity index (χ0n) is 15.7. The molecule has 0 atom stereocenters. The molecule has 148 valence electrons. The molecular formula is C20H17ClN4O3S. The smallest absolute Gasteiger partial charge is 0.342 e. The zero-order chi connectivity index (χ0) is 21.0. The number of ether oxygens (including phenoxy) is 1. The number of esters is 1. The number of hydrogen-bond acceptors (Lipinski definition) is 6. The van der Waals surface area contributed by atoms with Gasteiger partial charge < -0.3 is 10.1 Å². The molecule has 3 rings (SSSR count). The van der Waals surface area contributed by atoms with Crippen LogP contribution in [0.3, 0.4) is 0 Å². The summed E-state index contributed by atoms with van der Waals surface area (Å²) in [5.74, 6) is -1.15. The topological polar surface area (TPSA) is 97.0 Å². The van der Waals surface area contributed by atoms with Crippen LogP contribution < -0.4 is 5.32 Å². The molecule has 0 bridgehead atoms. The third-order valence-corrected chi connectivity index (χ3v) is 5.44. The van der Waals surface area contributed by atoms with E-state index in [0.717, 1.165) is 5.56 Å². The van der Waals surface area contributed by atoms with Gasteiger partial charge in [0.05, 0.1) is 23.5 Å². The number of carbonyl (C=O) groups excluding carboxylic acids is 2. The largest absolute Gasteiger partial charge is 0.452 e. The van der Waals surface area contributed by atoms with Crippen LogP contribution in [-0.2, 0) is 16.1 Å². The molecule has 7 nitrogen and oxygen atoms in total. The molecule has 0 aliphatic rings. The summed E-state index contributed by atoms with van der Waals surface area (Å²) in [6, 6.07) is 11.0. The maximum absolute atomic E-state index is 12.5. The van der Waals surface area contributed by atoms with Crippen LogP contribution in [0.2, 0.25) is 5.02 Å². The number of anilines is 1. The molecular weight excluding hydrogens is 412 g/mol. The van der Waals surface area contributed by atoms with E-state index in [0.29, 0.717) is 39.1 Å². The number of nitriles is 1. The summed E-state index contributed by atoms with van der Waals surface area (Å²) < 4.78 is 6.83. The zero-order valence-corrected chi connectivity index (χ0v) is 17.3. The van der Waals surface area contributed by atoms with Crippen LogP contribution in [0.4, 0.5) is 5.00 Å². The Bertz CT molecular complexity index is 1110. The average molecular weight is 429 g/mol. The lowest BCUT2D eigenvalue weighted by atomic mass is 10.2. The van der Waals surface area contributed by atoms with Crippen molar-refractivity contribution in [3.05, 3.63) is 68.8 Å². The van der Waals surface area contributed by atoms with Crippen LogP contribution in [0.15, 0.2) is 35.7 Å². The normalized spacial score (nSPS) is 10.4. The Hall–Kier alpha value is -3.15. The maximum atomic E-state index is 12.5. The van der Waals surface area contributed by atoms with Crippen molar-refractivity contribution in [2.24, 2.45) is 0 Å². The molecule has 1 N–H and O–H groups in total. The van der Waals surface area contributed by atoms with Crippen LogP contribution in [0.25, 0.3) is 0 Å². The first kappa shape index (κ1) is 20.6. The van der Waals surface area contributed by atoms with Gasteiger partial charge in [0.15, 0.2) is 6.61 Å². The lowest BCUT2D eigenvalue weighted by Gasteiger charge is -2.08. The van der Waals surface area contributed by atoms with E-state index < -0.39 is 18.5 Å². The van der Waals surface area contributed by atoms with E-state index >= 15 is 0 Å². The Morgan fingerprint density at radius 2 is 2.07 bits per heavy atom. The van der Waals surface area contributed by atoms with Crippen LogP contribution in [0, 0.1) is 25.2 Å². The molecule has 1 aromatic carbocycles. The van der Waals surface area contributed by atoms with Gasteiger partial charge in [-0.05, 0) is 36.9 Å². The molecule has 0 fully saturated rings. The lowest BCUT2D eigenvalue weighted by Crippen LogP contribution is -2.21. The number of nitrogens with zero attached hydrogens (tertiary/aromatic N) is 3. The summed E-state index contributed by atoms with van der Waals surface area (Å²) in [6.07, 6.45) is 0. The van der Waals surface area contributed by atoms with Crippen molar-refractivity contribution in [3.8, 4) is 6.07 Å². The predicted octanol–water partition coefficient (Wildman–Crippen LogP) is 3.93. The van der Waals surface area contributed by atoms with Crippen molar-refractivity contribution in [2.75, 3.05) is 11.9 Å². The summed E-state index contributed by atoms with van der Waals surface area (Å²) in [5.41, 5.74) is 2.69. The van der Waals surface area contributed by atoms with Gasteiger partial charge in [-0.2, -0.15) is 10.4 Å². The number of hydrogen-bond donors (Lipinski definition) is 1. The van der Waals surface area contributed by atoms with E-state index in [1.807, 2.05) is 24.3 Å². The molecule has 0 spiro atoms. The molecule has 0 radical (unpaired) electrons. The number of benzene rings is 1. The van der Waals surface area contributed by atoms with Crippen molar-refractivity contribution >= 4 is 39.8 Å². The summed E-state index contributed by atoms with van der Waals surface area (Å²) >= 11 is 7.43. The minimum absolute atomic E-state index is 0.318. The number of aromatic nitrogens is 2. The van der Waals surface area contributed by atoms with Gasteiger partial charge in [-0.25, -0.2) is 4.79 Å². The van der Waals surface area contributed by atoms with E-state index in [2.05, 4.69) is 10.4 Å². The minimum Gasteiger partial charge on any atom is -0.452 e. The first-order valence-electron chi connectivity index (χ1n) is 8.62. The number of thiophene rings is 1. The monoisotopic (exact) mass is 428 g/mol. The third-order valence-electron chi connectivity index (χ3n) is 4.24. The highest BCUT2D eigenvalue weighted by molar-refractivity contribution is 7.14. The Morgan fingerprint density at radius 3 is 2.79 bits per heavy atom. The highest BCUT2D eigenvalue weighted by Crippen LogP contribution is 2.22. The van der Waals surface area contributed by atoms with Crippen molar-refractivity contribution < 1.29 is 14.3 Å². The Labute approximate surface area is 176 Å². The van der Waals surface area contributed by atoms with Crippen LogP contribution in [-0.4, -0.2) is 28.3 Å². The molecule has 2 aromatic heterocycles. The van der Waals surface area contributed by atoms with Gasteiger partial charge in [-0.3, -0.25) is 9.48 Å². The molecule has 0 saturated heterocycles. The molecule has 2 heterocycles. The highest BCUT2D eigenvalue weighted by atomic mass is 35.5. The van der Waals surface area contributed by atoms with Gasteiger partial charge in [0.2, 0.25) is 0 Å². The van der Waals surface area contributed by atoms with Gasteiger partial charge in [0.25, 0.3) is 5.91 Å². The summed E-state index contributed by atoms with van der Waals surface area (Å²) in [6.45, 7) is 3.42. The number of amides is 1. The standard InChI is InChI=1S/C20H17ClN4O3S/c1-12-18(13(2)25(24-12)10-15-5-3-4-6-16(15)21)20(27)28-11-17(26)23-19-14(9-22)7-8-29-19/h3-8H,10-11H2,1-2H3,(H,23,26). The number of halogens is 1. The second kappa shape index (κ2) is 8.90. The number of rotatable bonds is 6. The lowest BCUT2D eigenvalue weighted by molar-refractivity contribution is -0.119. The minimum atomic E-state index is -0.632. The van der Waals surface area contributed by atoms with Gasteiger partial charge in [0, 0.05) is 5.02 Å². The van der Waals surface area contributed by atoms with Gasteiger partial charge in [-0.1, -0.05) is 29.8 Å². The quantitative estimate of drug-likeness (QED) is 0.600. The Morgan fingerprint density at radius 1 is 1.31 bits per heavy atom. The molecule has 9 heteroatoms. The van der Waals surface area contributed by atoms with E-state index in [1.54, 1.807) is 36.0 Å². The maximum Gasteiger partial charge on any atom is 0.342 e. The molecule has 1 amide bonds. The Balaban J connectivity index is 1.67. The first-order valence-corrected chi connectivity index (χ1v) is 9.88. The molecule has 0 saturated carbocycles. The van der Waals surface area contributed by atoms with E-state index in [1.165, 1.54) is 11.3 Å². The molecule has 29 heavy (non-hydrogen) atoms. The first-order chi connectivity index (χ1) is 13.9. The molecule has 0 aliphatic carbocycles. The predicted molar refractivity (Wildman–Crippen MR) is 110 cm³/mol.